The molecule has 20 heavy (non-hydrogen) atoms. The van der Waals surface area contributed by atoms with Gasteiger partial charge >= 0.3 is 0 Å². The summed E-state index contributed by atoms with van der Waals surface area (Å²) >= 11 is 0. The van der Waals surface area contributed by atoms with E-state index >= 15 is 0 Å². The molecule has 3 rings (SSSR count). The first-order valence-electron chi connectivity index (χ1n) is 6.91. The second-order valence-corrected chi connectivity index (χ2v) is 5.53. The number of fused-ring (bicyclic) bond motifs is 1. The van der Waals surface area contributed by atoms with Crippen LogP contribution in [0.1, 0.15) is 32.6 Å². The predicted molar refractivity (Wildman–Crippen MR) is 75.7 cm³/mol. The molecule has 0 spiro atoms. The Morgan fingerprint density at radius 3 is 2.95 bits per heavy atom. The highest BCUT2D eigenvalue weighted by molar-refractivity contribution is 5.77. The largest absolute Gasteiger partial charge is 0.423 e. The molecule has 1 aromatic carbocycles. The first-order chi connectivity index (χ1) is 9.62. The first kappa shape index (κ1) is 12.9. The van der Waals surface area contributed by atoms with Crippen LogP contribution in [0, 0.1) is 15.5 Å². The summed E-state index contributed by atoms with van der Waals surface area (Å²) in [7, 11) is 0. The first-order valence-corrected chi connectivity index (χ1v) is 6.91. The summed E-state index contributed by atoms with van der Waals surface area (Å²) in [6.07, 6.45) is 4.90. The highest BCUT2D eigenvalue weighted by Crippen LogP contribution is 2.49. The molecule has 106 valence electrons. The van der Waals surface area contributed by atoms with Crippen LogP contribution in [0.15, 0.2) is 22.6 Å². The van der Waals surface area contributed by atoms with Gasteiger partial charge in [0.05, 0.1) is 11.0 Å². The third-order valence-electron chi connectivity index (χ3n) is 3.93. The molecule has 1 N–H and O–H groups in total. The van der Waals surface area contributed by atoms with E-state index in [1.807, 2.05) is 0 Å². The van der Waals surface area contributed by atoms with Crippen LogP contribution in [0.3, 0.4) is 0 Å². The minimum Gasteiger partial charge on any atom is -0.423 e. The van der Waals surface area contributed by atoms with Gasteiger partial charge in [-0.1, -0.05) is 13.3 Å². The summed E-state index contributed by atoms with van der Waals surface area (Å²) in [4.78, 5) is 14.6. The van der Waals surface area contributed by atoms with Crippen molar-refractivity contribution in [2.24, 2.45) is 5.41 Å². The highest BCUT2D eigenvalue weighted by Gasteiger charge is 2.41. The van der Waals surface area contributed by atoms with E-state index in [9.17, 15) is 10.1 Å². The molecule has 1 fully saturated rings. The summed E-state index contributed by atoms with van der Waals surface area (Å²) in [5.41, 5.74) is 1.51. The lowest BCUT2D eigenvalue weighted by atomic mass is 10.0. The van der Waals surface area contributed by atoms with Gasteiger partial charge in [-0.3, -0.25) is 10.1 Å². The van der Waals surface area contributed by atoms with Crippen molar-refractivity contribution in [3.05, 3.63) is 28.3 Å². The van der Waals surface area contributed by atoms with Crippen molar-refractivity contribution in [2.45, 2.75) is 32.6 Å². The Balaban J connectivity index is 1.74. The van der Waals surface area contributed by atoms with Crippen LogP contribution in [0.5, 0.6) is 0 Å². The third kappa shape index (κ3) is 2.45. The van der Waals surface area contributed by atoms with Gasteiger partial charge in [0, 0.05) is 12.6 Å². The van der Waals surface area contributed by atoms with Crippen LogP contribution in [-0.4, -0.2) is 16.5 Å². The maximum absolute atomic E-state index is 10.7. The lowest BCUT2D eigenvalue weighted by molar-refractivity contribution is -0.384. The molecule has 1 aromatic heterocycles. The smallest absolute Gasteiger partial charge is 0.295 e. The molecule has 0 saturated heterocycles. The summed E-state index contributed by atoms with van der Waals surface area (Å²) in [6.45, 7) is 3.05. The lowest BCUT2D eigenvalue weighted by Crippen LogP contribution is -2.15. The average molecular weight is 275 g/mol. The number of non-ortho nitro benzene ring substituents is 1. The number of nitro benzene ring substituents is 1. The Hall–Kier alpha value is -2.11. The second-order valence-electron chi connectivity index (χ2n) is 5.53. The molecule has 0 atom stereocenters. The molecule has 1 saturated carbocycles. The van der Waals surface area contributed by atoms with Gasteiger partial charge in [-0.2, -0.15) is 4.98 Å². The van der Waals surface area contributed by atoms with Crippen molar-refractivity contribution in [3.63, 3.8) is 0 Å². The van der Waals surface area contributed by atoms with Gasteiger partial charge in [-0.25, -0.2) is 0 Å². The molecule has 6 heteroatoms. The van der Waals surface area contributed by atoms with E-state index in [1.54, 1.807) is 6.07 Å². The van der Waals surface area contributed by atoms with E-state index in [2.05, 4.69) is 17.2 Å². The molecule has 1 aliphatic carbocycles. The minimum atomic E-state index is -0.435. The third-order valence-corrected chi connectivity index (χ3v) is 3.93. The van der Waals surface area contributed by atoms with E-state index in [0.29, 0.717) is 22.5 Å². The number of nitrogens with one attached hydrogen (secondary N) is 1. The summed E-state index contributed by atoms with van der Waals surface area (Å²) in [5.74, 6) is 0. The van der Waals surface area contributed by atoms with Crippen LogP contribution in [0.25, 0.3) is 11.1 Å². The monoisotopic (exact) mass is 275 g/mol. The number of oxazole rings is 1. The molecule has 0 bridgehead atoms. The zero-order valence-electron chi connectivity index (χ0n) is 11.4. The molecule has 1 aliphatic rings. The number of hydrogen-bond donors (Lipinski definition) is 1. The zero-order valence-corrected chi connectivity index (χ0v) is 11.4. The predicted octanol–water partition coefficient (Wildman–Crippen LogP) is 3.73. The standard InChI is InChI=1S/C14H17N3O3/c1-2-5-14(6-7-14)9-15-13-16-11-4-3-10(17(18)19)8-12(11)20-13/h3-4,8H,2,5-7,9H2,1H3,(H,15,16). The van der Waals surface area contributed by atoms with E-state index in [1.165, 1.54) is 37.8 Å². The van der Waals surface area contributed by atoms with E-state index < -0.39 is 4.92 Å². The van der Waals surface area contributed by atoms with Gasteiger partial charge in [-0.05, 0) is 30.7 Å². The maximum atomic E-state index is 10.7. The Labute approximate surface area is 116 Å². The van der Waals surface area contributed by atoms with Gasteiger partial charge in [-0.15, -0.1) is 0 Å². The van der Waals surface area contributed by atoms with Crippen molar-refractivity contribution in [1.82, 2.24) is 4.98 Å². The fourth-order valence-corrected chi connectivity index (χ4v) is 2.59. The number of rotatable bonds is 6. The SMILES string of the molecule is CCCC1(CNc2nc3ccc([N+](=O)[O-])cc3o2)CC1. The summed E-state index contributed by atoms with van der Waals surface area (Å²) in [6, 6.07) is 4.91. The molecule has 1 heterocycles. The fourth-order valence-electron chi connectivity index (χ4n) is 2.59. The van der Waals surface area contributed by atoms with Gasteiger partial charge < -0.3 is 9.73 Å². The van der Waals surface area contributed by atoms with Crippen LogP contribution >= 0.6 is 0 Å². The normalized spacial score (nSPS) is 16.2. The van der Waals surface area contributed by atoms with Gasteiger partial charge in [0.25, 0.3) is 11.7 Å². The van der Waals surface area contributed by atoms with Crippen molar-refractivity contribution < 1.29 is 9.34 Å². The van der Waals surface area contributed by atoms with E-state index in [-0.39, 0.29) is 5.69 Å². The van der Waals surface area contributed by atoms with Gasteiger partial charge in [0.2, 0.25) is 0 Å². The molecule has 0 unspecified atom stereocenters. The van der Waals surface area contributed by atoms with E-state index in [0.717, 1.165) is 6.54 Å². The molecule has 2 aromatic rings. The minimum absolute atomic E-state index is 0.0184. The Morgan fingerprint density at radius 2 is 2.30 bits per heavy atom. The van der Waals surface area contributed by atoms with Gasteiger partial charge in [0.1, 0.15) is 5.52 Å². The fraction of sp³-hybridized carbons (Fsp3) is 0.500. The topological polar surface area (TPSA) is 81.2 Å². The number of nitro groups is 1. The molecule has 0 radical (unpaired) electrons. The molecular formula is C14H17N3O3. The summed E-state index contributed by atoms with van der Waals surface area (Å²) < 4.78 is 5.53. The Bertz CT molecular complexity index is 646. The number of aromatic nitrogens is 1. The van der Waals surface area contributed by atoms with Crippen LogP contribution in [0.4, 0.5) is 11.7 Å². The van der Waals surface area contributed by atoms with Crippen molar-refractivity contribution >= 4 is 22.8 Å². The lowest BCUT2D eigenvalue weighted by Gasteiger charge is -2.13. The Kier molecular flexibility index (Phi) is 3.08. The zero-order chi connectivity index (χ0) is 14.2. The summed E-state index contributed by atoms with van der Waals surface area (Å²) in [5, 5.41) is 13.9. The van der Waals surface area contributed by atoms with Crippen LogP contribution < -0.4 is 5.32 Å². The van der Waals surface area contributed by atoms with Crippen molar-refractivity contribution in [2.75, 3.05) is 11.9 Å². The van der Waals surface area contributed by atoms with Crippen molar-refractivity contribution in [3.8, 4) is 0 Å². The molecule has 0 amide bonds. The second kappa shape index (κ2) is 4.77. The Morgan fingerprint density at radius 1 is 1.50 bits per heavy atom. The highest BCUT2D eigenvalue weighted by atomic mass is 16.6. The number of anilines is 1. The average Bonchev–Trinajstić information content (AvgIpc) is 3.06. The molecule has 0 aliphatic heterocycles. The van der Waals surface area contributed by atoms with Crippen LogP contribution in [-0.2, 0) is 0 Å². The number of nitrogens with zero attached hydrogens (tertiary/aromatic N) is 2. The van der Waals surface area contributed by atoms with Crippen LogP contribution in [0.2, 0.25) is 0 Å². The van der Waals surface area contributed by atoms with E-state index in [4.69, 9.17) is 4.42 Å². The van der Waals surface area contributed by atoms with Crippen molar-refractivity contribution in [1.29, 1.82) is 0 Å². The van der Waals surface area contributed by atoms with Gasteiger partial charge in [0.15, 0.2) is 5.58 Å². The maximum Gasteiger partial charge on any atom is 0.295 e. The quantitative estimate of drug-likeness (QED) is 0.641. The number of benzene rings is 1. The number of hydrogen-bond acceptors (Lipinski definition) is 5. The molecular weight excluding hydrogens is 258 g/mol. The molecule has 6 nitrogen and oxygen atoms in total.